The zero-order valence-corrected chi connectivity index (χ0v) is 11.8. The molecule has 0 aromatic heterocycles. The third-order valence-electron chi connectivity index (χ3n) is 3.50. The Morgan fingerprint density at radius 3 is 2.32 bits per heavy atom. The second-order valence-electron chi connectivity index (χ2n) is 5.21. The molecule has 2 aliphatic rings. The molecule has 0 amide bonds. The van der Waals surface area contributed by atoms with Crippen molar-refractivity contribution < 1.29 is 49.3 Å². The van der Waals surface area contributed by atoms with E-state index in [1.54, 1.807) is 0 Å². The molecule has 2 saturated heterocycles. The molecule has 2 fully saturated rings. The van der Waals surface area contributed by atoms with E-state index < -0.39 is 55.2 Å². The molecule has 10 heteroatoms. The Bertz CT molecular complexity index is 390. The fourth-order valence-electron chi connectivity index (χ4n) is 2.27. The van der Waals surface area contributed by atoms with Gasteiger partial charge in [-0.25, -0.2) is 0 Å². The van der Waals surface area contributed by atoms with Crippen molar-refractivity contribution in [3.05, 3.63) is 0 Å². The van der Waals surface area contributed by atoms with Gasteiger partial charge in [0.15, 0.2) is 18.7 Å². The zero-order chi connectivity index (χ0) is 16.4. The smallest absolute Gasteiger partial charge is 0.303 e. The molecule has 0 bridgehead atoms. The Balaban J connectivity index is 2.04. The molecule has 0 saturated carbocycles. The van der Waals surface area contributed by atoms with Gasteiger partial charge in [-0.05, 0) is 0 Å². The second-order valence-corrected chi connectivity index (χ2v) is 5.21. The van der Waals surface area contributed by atoms with Crippen LogP contribution >= 0.6 is 0 Å². The molecule has 0 aromatic rings. The van der Waals surface area contributed by atoms with Gasteiger partial charge in [0.25, 0.3) is 0 Å². The highest BCUT2D eigenvalue weighted by atomic mass is 16.7. The quantitative estimate of drug-likeness (QED) is 0.329. The zero-order valence-electron chi connectivity index (χ0n) is 11.8. The highest BCUT2D eigenvalue weighted by molar-refractivity contribution is 5.66. The monoisotopic (exact) mass is 324 g/mol. The van der Waals surface area contributed by atoms with Crippen molar-refractivity contribution in [2.75, 3.05) is 13.2 Å². The molecule has 2 aliphatic heterocycles. The number of hydrogen-bond donors (Lipinski definition) is 5. The van der Waals surface area contributed by atoms with Gasteiger partial charge < -0.3 is 44.5 Å². The van der Waals surface area contributed by atoms with Crippen LogP contribution in [0.5, 0.6) is 0 Å². The first-order valence-electron chi connectivity index (χ1n) is 6.77. The molecule has 5 N–H and O–H groups in total. The van der Waals surface area contributed by atoms with Gasteiger partial charge in [-0.3, -0.25) is 4.79 Å². The average Bonchev–Trinajstić information content (AvgIpc) is 2.46. The Hall–Kier alpha value is -0.850. The van der Waals surface area contributed by atoms with E-state index in [9.17, 15) is 30.3 Å². The first-order valence-corrected chi connectivity index (χ1v) is 6.77. The number of carbonyl (C=O) groups is 1. The first-order chi connectivity index (χ1) is 10.3. The SMILES string of the molecule is CC(=O)O[C@H]1[C@H](O[C@@H]2CO[C@@H](O)[C@H](O)[C@H]2O)OC[C@@H](O)[C@@H]1O. The van der Waals surface area contributed by atoms with Gasteiger partial charge in [0.1, 0.15) is 30.5 Å². The number of hydrogen-bond acceptors (Lipinski definition) is 10. The normalized spacial score (nSPS) is 46.3. The highest BCUT2D eigenvalue weighted by Crippen LogP contribution is 2.24. The Labute approximate surface area is 125 Å². The van der Waals surface area contributed by atoms with Crippen molar-refractivity contribution >= 4 is 5.97 Å². The van der Waals surface area contributed by atoms with Crippen LogP contribution in [0.1, 0.15) is 6.92 Å². The molecule has 8 atom stereocenters. The number of rotatable bonds is 3. The van der Waals surface area contributed by atoms with E-state index in [-0.39, 0.29) is 13.2 Å². The standard InChI is InChI=1S/C12H20O10/c1-4(13)21-10-7(15)5(14)2-20-12(10)22-6-3-19-11(18)9(17)8(6)16/h5-12,14-18H,2-3H2,1H3/t5-,6-,7+,8+,9-,10-,11-,12+/m1/s1. The second kappa shape index (κ2) is 7.15. The Morgan fingerprint density at radius 2 is 1.68 bits per heavy atom. The lowest BCUT2D eigenvalue weighted by molar-refractivity contribution is -0.324. The minimum atomic E-state index is -1.58. The summed E-state index contributed by atoms with van der Waals surface area (Å²) in [7, 11) is 0. The lowest BCUT2D eigenvalue weighted by Gasteiger charge is -2.41. The fraction of sp³-hybridized carbons (Fsp3) is 0.917. The van der Waals surface area contributed by atoms with Crippen molar-refractivity contribution in [3.8, 4) is 0 Å². The van der Waals surface area contributed by atoms with Crippen LogP contribution in [0.15, 0.2) is 0 Å². The third kappa shape index (κ3) is 3.73. The van der Waals surface area contributed by atoms with E-state index in [0.29, 0.717) is 0 Å². The minimum Gasteiger partial charge on any atom is -0.454 e. The van der Waals surface area contributed by atoms with Gasteiger partial charge >= 0.3 is 5.97 Å². The maximum atomic E-state index is 11.1. The van der Waals surface area contributed by atoms with E-state index >= 15 is 0 Å². The maximum Gasteiger partial charge on any atom is 0.303 e. The van der Waals surface area contributed by atoms with Crippen molar-refractivity contribution in [2.45, 2.75) is 56.1 Å². The molecule has 10 nitrogen and oxygen atoms in total. The molecule has 0 aromatic carbocycles. The summed E-state index contributed by atoms with van der Waals surface area (Å²) >= 11 is 0. The first kappa shape index (κ1) is 17.5. The van der Waals surface area contributed by atoms with Crippen LogP contribution in [0.3, 0.4) is 0 Å². The topological polar surface area (TPSA) is 155 Å². The maximum absolute atomic E-state index is 11.1. The van der Waals surface area contributed by atoms with Crippen LogP contribution in [-0.4, -0.2) is 93.9 Å². The third-order valence-corrected chi connectivity index (χ3v) is 3.50. The fourth-order valence-corrected chi connectivity index (χ4v) is 2.27. The number of ether oxygens (including phenoxy) is 4. The summed E-state index contributed by atoms with van der Waals surface area (Å²) in [6.07, 6.45) is -10.9. The Morgan fingerprint density at radius 1 is 1.00 bits per heavy atom. The summed E-state index contributed by atoms with van der Waals surface area (Å²) in [4.78, 5) is 11.1. The van der Waals surface area contributed by atoms with Crippen molar-refractivity contribution in [3.63, 3.8) is 0 Å². The van der Waals surface area contributed by atoms with Gasteiger partial charge in [0.05, 0.1) is 13.2 Å². The highest BCUT2D eigenvalue weighted by Gasteiger charge is 2.46. The van der Waals surface area contributed by atoms with E-state index in [2.05, 4.69) is 0 Å². The van der Waals surface area contributed by atoms with E-state index in [1.807, 2.05) is 0 Å². The molecule has 0 aliphatic carbocycles. The molecule has 0 radical (unpaired) electrons. The van der Waals surface area contributed by atoms with Crippen LogP contribution < -0.4 is 0 Å². The predicted molar refractivity (Wildman–Crippen MR) is 66.2 cm³/mol. The van der Waals surface area contributed by atoms with Gasteiger partial charge in [-0.1, -0.05) is 0 Å². The van der Waals surface area contributed by atoms with Gasteiger partial charge in [0.2, 0.25) is 0 Å². The summed E-state index contributed by atoms with van der Waals surface area (Å²) in [6.45, 7) is 0.604. The van der Waals surface area contributed by atoms with Gasteiger partial charge in [-0.2, -0.15) is 0 Å². The van der Waals surface area contributed by atoms with Crippen molar-refractivity contribution in [2.24, 2.45) is 0 Å². The average molecular weight is 324 g/mol. The van der Waals surface area contributed by atoms with Crippen molar-refractivity contribution in [1.29, 1.82) is 0 Å². The minimum absolute atomic E-state index is 0.245. The van der Waals surface area contributed by atoms with Crippen LogP contribution in [0.25, 0.3) is 0 Å². The summed E-state index contributed by atoms with van der Waals surface area (Å²) in [5.74, 6) is -0.716. The number of aliphatic hydroxyl groups excluding tert-OH is 5. The predicted octanol–water partition coefficient (Wildman–Crippen LogP) is -3.55. The van der Waals surface area contributed by atoms with E-state index in [4.69, 9.17) is 18.9 Å². The molecule has 2 rings (SSSR count). The molecular formula is C12H20O10. The lowest BCUT2D eigenvalue weighted by Crippen LogP contribution is -2.60. The van der Waals surface area contributed by atoms with E-state index in [0.717, 1.165) is 6.92 Å². The lowest BCUT2D eigenvalue weighted by atomic mass is 10.0. The summed E-state index contributed by atoms with van der Waals surface area (Å²) < 4.78 is 20.2. The molecule has 22 heavy (non-hydrogen) atoms. The molecule has 0 unspecified atom stereocenters. The van der Waals surface area contributed by atoms with Crippen LogP contribution in [0.4, 0.5) is 0 Å². The van der Waals surface area contributed by atoms with Crippen LogP contribution in [-0.2, 0) is 23.7 Å². The van der Waals surface area contributed by atoms with Crippen LogP contribution in [0.2, 0.25) is 0 Å². The molecule has 128 valence electrons. The van der Waals surface area contributed by atoms with Gasteiger partial charge in [-0.15, -0.1) is 0 Å². The summed E-state index contributed by atoms with van der Waals surface area (Å²) in [5, 5.41) is 48.0. The van der Waals surface area contributed by atoms with E-state index in [1.165, 1.54) is 0 Å². The molecule has 2 heterocycles. The summed E-state index contributed by atoms with van der Waals surface area (Å²) in [5.41, 5.74) is 0. The van der Waals surface area contributed by atoms with Gasteiger partial charge in [0, 0.05) is 6.92 Å². The number of carbonyl (C=O) groups excluding carboxylic acids is 1. The molecular weight excluding hydrogens is 304 g/mol. The largest absolute Gasteiger partial charge is 0.454 e. The number of aliphatic hydroxyl groups is 5. The van der Waals surface area contributed by atoms with Crippen molar-refractivity contribution in [1.82, 2.24) is 0 Å². The number of esters is 1. The summed E-state index contributed by atoms with van der Waals surface area (Å²) in [6, 6.07) is 0. The van der Waals surface area contributed by atoms with Crippen LogP contribution in [0, 0.1) is 0 Å². The molecule has 0 spiro atoms. The Kier molecular flexibility index (Phi) is 5.69.